The van der Waals surface area contributed by atoms with Gasteiger partial charge in [0.15, 0.2) is 12.2 Å². The quantitative estimate of drug-likeness (QED) is 0.148. The lowest BCUT2D eigenvalue weighted by atomic mass is 9.93. The van der Waals surface area contributed by atoms with Gasteiger partial charge in [0.05, 0.1) is 63.7 Å². The second kappa shape index (κ2) is 16.5. The van der Waals surface area contributed by atoms with Crippen LogP contribution in [0, 0.1) is 10.8 Å². The third-order valence-corrected chi connectivity index (χ3v) is 3.49. The number of hydrogen-bond acceptors (Lipinski definition) is 12. The fourth-order valence-electron chi connectivity index (χ4n) is 0.870. The van der Waals surface area contributed by atoms with Crippen molar-refractivity contribution in [1.82, 2.24) is 0 Å². The van der Waals surface area contributed by atoms with Gasteiger partial charge in [0.25, 0.3) is 0 Å². The Morgan fingerprint density at radius 2 is 0.643 bits per heavy atom. The molecule has 0 amide bonds. The summed E-state index contributed by atoms with van der Waals surface area (Å²) in [5, 5.41) is 100. The monoisotopic (exact) mass is 422 g/mol. The molecule has 28 heavy (non-hydrogen) atoms. The first-order valence-electron chi connectivity index (χ1n) is 7.64. The molecule has 0 fully saturated rings. The first-order chi connectivity index (χ1) is 12.9. The molecular formula is C14H30O14. The number of carboxylic acids is 2. The number of carboxylic acid groups (broad SMARTS) is 2. The van der Waals surface area contributed by atoms with Crippen molar-refractivity contribution in [3.05, 3.63) is 0 Å². The molecule has 0 rings (SSSR count). The number of aliphatic hydroxyl groups is 10. The van der Waals surface area contributed by atoms with E-state index < -0.39 is 87.8 Å². The van der Waals surface area contributed by atoms with Gasteiger partial charge in [-0.3, -0.25) is 0 Å². The topological polar surface area (TPSA) is 277 Å². The molecule has 0 spiro atoms. The van der Waals surface area contributed by atoms with E-state index in [1.54, 1.807) is 0 Å². The number of aliphatic hydroxyl groups excluding tert-OH is 10. The van der Waals surface area contributed by atoms with Crippen LogP contribution in [0.3, 0.4) is 0 Å². The predicted octanol–water partition coefficient (Wildman–Crippen LogP) is -6.24. The highest BCUT2D eigenvalue weighted by Crippen LogP contribution is 2.12. The van der Waals surface area contributed by atoms with Crippen molar-refractivity contribution in [2.24, 2.45) is 10.8 Å². The third-order valence-electron chi connectivity index (χ3n) is 3.49. The van der Waals surface area contributed by atoms with Crippen LogP contribution in [0.4, 0.5) is 0 Å². The van der Waals surface area contributed by atoms with Gasteiger partial charge in [0.2, 0.25) is 0 Å². The summed E-state index contributed by atoms with van der Waals surface area (Å²) in [6.45, 7) is -3.25. The molecule has 0 radical (unpaired) electrons. The predicted molar refractivity (Wildman–Crippen MR) is 88.8 cm³/mol. The normalized spacial score (nSPS) is 13.4. The molecule has 0 bridgehead atoms. The second-order valence-corrected chi connectivity index (χ2v) is 5.83. The number of carbonyl (C=O) groups is 2. The summed E-state index contributed by atoms with van der Waals surface area (Å²) in [5.74, 6) is -3.54. The van der Waals surface area contributed by atoms with Crippen molar-refractivity contribution in [2.45, 2.75) is 12.2 Å². The Morgan fingerprint density at radius 3 is 0.679 bits per heavy atom. The van der Waals surface area contributed by atoms with Gasteiger partial charge in [0.1, 0.15) is 0 Å². The molecule has 0 aromatic heterocycles. The van der Waals surface area contributed by atoms with E-state index in [-0.39, 0.29) is 0 Å². The average Bonchev–Trinajstić information content (AvgIpc) is 2.72. The zero-order valence-electron chi connectivity index (χ0n) is 15.0. The Kier molecular flexibility index (Phi) is 18.4. The van der Waals surface area contributed by atoms with Crippen molar-refractivity contribution in [1.29, 1.82) is 0 Å². The van der Waals surface area contributed by atoms with Crippen LogP contribution < -0.4 is 0 Å². The van der Waals surface area contributed by atoms with Crippen molar-refractivity contribution in [3.8, 4) is 0 Å². The molecule has 0 saturated carbocycles. The molecule has 0 aliphatic rings. The molecule has 14 heteroatoms. The van der Waals surface area contributed by atoms with Crippen LogP contribution in [0.1, 0.15) is 0 Å². The third kappa shape index (κ3) is 11.4. The minimum Gasteiger partial charge on any atom is -0.479 e. The first-order valence-corrected chi connectivity index (χ1v) is 7.64. The van der Waals surface area contributed by atoms with Gasteiger partial charge < -0.3 is 61.3 Å². The lowest BCUT2D eigenvalue weighted by Crippen LogP contribution is -2.39. The van der Waals surface area contributed by atoms with E-state index in [0.717, 1.165) is 0 Å². The first kappa shape index (κ1) is 31.2. The zero-order valence-corrected chi connectivity index (χ0v) is 15.0. The van der Waals surface area contributed by atoms with E-state index in [1.165, 1.54) is 0 Å². The van der Waals surface area contributed by atoms with Crippen LogP contribution in [-0.2, 0) is 9.59 Å². The Bertz CT molecular complexity index is 334. The summed E-state index contributed by atoms with van der Waals surface area (Å²) in [6.07, 6.45) is -4.53. The maximum absolute atomic E-state index is 9.77. The van der Waals surface area contributed by atoms with E-state index >= 15 is 0 Å². The van der Waals surface area contributed by atoms with Gasteiger partial charge in [0, 0.05) is 0 Å². The molecule has 0 saturated heterocycles. The minimum absolute atomic E-state index is 0.406. The summed E-state index contributed by atoms with van der Waals surface area (Å²) < 4.78 is 0. The molecule has 12 N–H and O–H groups in total. The van der Waals surface area contributed by atoms with Gasteiger partial charge in [-0.15, -0.1) is 0 Å². The molecule has 170 valence electrons. The van der Waals surface area contributed by atoms with Crippen LogP contribution in [0.25, 0.3) is 0 Å². The Morgan fingerprint density at radius 1 is 0.500 bits per heavy atom. The molecule has 0 aromatic carbocycles. The standard InChI is InChI=1S/2C5H12O4.C4H6O6/c2*6-1-5(2-7,3-8)4-9;5-1(3(7)8)2(6)4(9)10/h2*6-9H,1-4H2;1-2,5-6H,(H,7,8)(H,9,10). The average molecular weight is 422 g/mol. The highest BCUT2D eigenvalue weighted by atomic mass is 16.4. The van der Waals surface area contributed by atoms with Crippen LogP contribution >= 0.6 is 0 Å². The summed E-state index contributed by atoms with van der Waals surface area (Å²) in [6, 6.07) is 0. The highest BCUT2D eigenvalue weighted by Gasteiger charge is 2.29. The van der Waals surface area contributed by atoms with Crippen LogP contribution in [0.5, 0.6) is 0 Å². The molecule has 0 aliphatic carbocycles. The molecule has 0 heterocycles. The van der Waals surface area contributed by atoms with E-state index in [2.05, 4.69) is 0 Å². The second-order valence-electron chi connectivity index (χ2n) is 5.83. The van der Waals surface area contributed by atoms with Gasteiger partial charge >= 0.3 is 11.9 Å². The van der Waals surface area contributed by atoms with Crippen molar-refractivity contribution in [3.63, 3.8) is 0 Å². The number of aliphatic carboxylic acids is 2. The molecule has 2 atom stereocenters. The Balaban J connectivity index is -0.000000336. The maximum Gasteiger partial charge on any atom is 0.335 e. The van der Waals surface area contributed by atoms with Gasteiger partial charge in [-0.25, -0.2) is 9.59 Å². The van der Waals surface area contributed by atoms with E-state index in [1.807, 2.05) is 0 Å². The fraction of sp³-hybridized carbons (Fsp3) is 0.857. The highest BCUT2D eigenvalue weighted by molar-refractivity contribution is 5.83. The van der Waals surface area contributed by atoms with Gasteiger partial charge in [-0.1, -0.05) is 0 Å². The summed E-state index contributed by atoms with van der Waals surface area (Å²) in [7, 11) is 0. The van der Waals surface area contributed by atoms with E-state index in [4.69, 9.17) is 61.3 Å². The Labute approximate surface area is 159 Å². The summed E-state index contributed by atoms with van der Waals surface area (Å²) >= 11 is 0. The van der Waals surface area contributed by atoms with Gasteiger partial charge in [-0.2, -0.15) is 0 Å². The molecule has 14 nitrogen and oxygen atoms in total. The summed E-state index contributed by atoms with van der Waals surface area (Å²) in [4.78, 5) is 19.5. The number of rotatable bonds is 11. The number of hydrogen-bond donors (Lipinski definition) is 12. The van der Waals surface area contributed by atoms with Crippen LogP contribution in [-0.4, -0.2) is 138 Å². The van der Waals surface area contributed by atoms with Crippen molar-refractivity contribution in [2.75, 3.05) is 52.9 Å². The van der Waals surface area contributed by atoms with Crippen LogP contribution in [0.2, 0.25) is 0 Å². The van der Waals surface area contributed by atoms with Crippen molar-refractivity contribution < 1.29 is 70.9 Å². The maximum atomic E-state index is 9.77. The van der Waals surface area contributed by atoms with E-state index in [0.29, 0.717) is 0 Å². The molecule has 2 unspecified atom stereocenters. The smallest absolute Gasteiger partial charge is 0.335 e. The Hall–Kier alpha value is -1.46. The largest absolute Gasteiger partial charge is 0.479 e. The van der Waals surface area contributed by atoms with Crippen molar-refractivity contribution >= 4 is 11.9 Å². The summed E-state index contributed by atoms with van der Waals surface area (Å²) in [5.41, 5.74) is -2.22. The minimum atomic E-state index is -2.27. The molecular weight excluding hydrogens is 392 g/mol. The zero-order chi connectivity index (χ0) is 23.0. The van der Waals surface area contributed by atoms with Crippen LogP contribution in [0.15, 0.2) is 0 Å². The SMILES string of the molecule is O=C(O)C(O)C(O)C(=O)O.OCC(CO)(CO)CO.OCC(CO)(CO)CO. The lowest BCUT2D eigenvalue weighted by Gasteiger charge is -2.23. The fourth-order valence-corrected chi connectivity index (χ4v) is 0.870. The lowest BCUT2D eigenvalue weighted by molar-refractivity contribution is -0.165. The molecule has 0 aromatic rings. The van der Waals surface area contributed by atoms with E-state index in [9.17, 15) is 9.59 Å². The molecule has 0 aliphatic heterocycles. The van der Waals surface area contributed by atoms with Gasteiger partial charge in [-0.05, 0) is 0 Å².